The molecule has 0 aliphatic rings. The summed E-state index contributed by atoms with van der Waals surface area (Å²) in [5, 5.41) is 10.2. The van der Waals surface area contributed by atoms with Crippen LogP contribution in [0.25, 0.3) is 0 Å². The zero-order valence-corrected chi connectivity index (χ0v) is 14.9. The molecular formula is C16H27BrN2O. The third-order valence-electron chi connectivity index (χ3n) is 3.22. The highest BCUT2D eigenvalue weighted by Gasteiger charge is 2.13. The Labute approximate surface area is 131 Å². The fraction of sp³-hybridized carbons (Fsp3) is 0.625. The minimum absolute atomic E-state index is 0.423. The summed E-state index contributed by atoms with van der Waals surface area (Å²) in [4.78, 5) is 4.60. The van der Waals surface area contributed by atoms with Gasteiger partial charge in [0.1, 0.15) is 5.75 Å². The predicted octanol–water partition coefficient (Wildman–Crippen LogP) is 3.48. The van der Waals surface area contributed by atoms with Crippen molar-refractivity contribution in [3.63, 3.8) is 0 Å². The van der Waals surface area contributed by atoms with E-state index in [1.807, 2.05) is 19.1 Å². The molecule has 0 aromatic heterocycles. The quantitative estimate of drug-likeness (QED) is 0.821. The largest absolute Gasteiger partial charge is 0.507 e. The van der Waals surface area contributed by atoms with E-state index in [-0.39, 0.29) is 0 Å². The average Bonchev–Trinajstić information content (AvgIpc) is 2.31. The molecular weight excluding hydrogens is 316 g/mol. The summed E-state index contributed by atoms with van der Waals surface area (Å²) in [6.07, 6.45) is 0. The highest BCUT2D eigenvalue weighted by atomic mass is 79.9. The highest BCUT2D eigenvalue weighted by Crippen LogP contribution is 2.27. The van der Waals surface area contributed by atoms with Gasteiger partial charge in [-0.15, -0.1) is 0 Å². The van der Waals surface area contributed by atoms with Crippen LogP contribution in [0.4, 0.5) is 0 Å². The van der Waals surface area contributed by atoms with Gasteiger partial charge >= 0.3 is 0 Å². The van der Waals surface area contributed by atoms with E-state index < -0.39 is 0 Å². The molecule has 0 bridgehead atoms. The number of likely N-dealkylation sites (N-methyl/N-ethyl adjacent to an activating group) is 1. The molecule has 0 radical (unpaired) electrons. The lowest BCUT2D eigenvalue weighted by molar-refractivity contribution is 0.209. The Bertz CT molecular complexity index is 433. The van der Waals surface area contributed by atoms with Gasteiger partial charge in [0.15, 0.2) is 0 Å². The lowest BCUT2D eigenvalue weighted by atomic mass is 10.1. The maximum absolute atomic E-state index is 10.2. The third-order valence-corrected chi connectivity index (χ3v) is 3.68. The lowest BCUT2D eigenvalue weighted by Gasteiger charge is -2.26. The Morgan fingerprint density at radius 2 is 1.85 bits per heavy atom. The van der Waals surface area contributed by atoms with Crippen molar-refractivity contribution in [1.82, 2.24) is 9.80 Å². The second-order valence-electron chi connectivity index (χ2n) is 6.16. The van der Waals surface area contributed by atoms with Crippen molar-refractivity contribution in [3.05, 3.63) is 27.7 Å². The van der Waals surface area contributed by atoms with Gasteiger partial charge < -0.3 is 10.0 Å². The van der Waals surface area contributed by atoms with Crippen molar-refractivity contribution >= 4 is 15.9 Å². The van der Waals surface area contributed by atoms with Gasteiger partial charge in [-0.3, -0.25) is 4.90 Å². The van der Waals surface area contributed by atoms with Crippen molar-refractivity contribution < 1.29 is 5.11 Å². The molecule has 0 heterocycles. The Hall–Kier alpha value is -0.580. The molecule has 1 aromatic carbocycles. The Morgan fingerprint density at radius 1 is 1.20 bits per heavy atom. The summed E-state index contributed by atoms with van der Waals surface area (Å²) in [7, 11) is 4.18. The highest BCUT2D eigenvalue weighted by molar-refractivity contribution is 9.10. The number of hydrogen-bond donors (Lipinski definition) is 1. The van der Waals surface area contributed by atoms with E-state index in [9.17, 15) is 5.11 Å². The molecule has 0 aliphatic heterocycles. The van der Waals surface area contributed by atoms with Crippen LogP contribution in [0.15, 0.2) is 16.6 Å². The number of aryl methyl sites for hydroxylation is 1. The van der Waals surface area contributed by atoms with Crippen LogP contribution >= 0.6 is 15.9 Å². The first-order valence-electron chi connectivity index (χ1n) is 7.14. The second-order valence-corrected chi connectivity index (χ2v) is 7.08. The number of phenolic OH excluding ortho intramolecular Hbond substituents is 1. The maximum Gasteiger partial charge on any atom is 0.123 e. The summed E-state index contributed by atoms with van der Waals surface area (Å²) >= 11 is 3.51. The zero-order valence-electron chi connectivity index (χ0n) is 13.3. The third kappa shape index (κ3) is 5.81. The molecule has 114 valence electrons. The molecule has 4 heteroatoms. The van der Waals surface area contributed by atoms with Crippen LogP contribution in [-0.2, 0) is 6.54 Å². The Balaban J connectivity index is 2.83. The summed E-state index contributed by atoms with van der Waals surface area (Å²) < 4.78 is 1.03. The molecule has 0 unspecified atom stereocenters. The minimum Gasteiger partial charge on any atom is -0.507 e. The standard InChI is InChI=1S/C16H27BrN2O/c1-12(2)10-19(7-6-18(4)5)11-14-9-15(17)8-13(3)16(14)20/h8-9,12,20H,6-7,10-11H2,1-5H3. The first kappa shape index (κ1) is 17.5. The Morgan fingerprint density at radius 3 is 2.40 bits per heavy atom. The van der Waals surface area contributed by atoms with E-state index in [1.165, 1.54) is 0 Å². The van der Waals surface area contributed by atoms with Gasteiger partial charge in [0.05, 0.1) is 0 Å². The normalized spacial score (nSPS) is 11.8. The number of halogens is 1. The summed E-state index contributed by atoms with van der Waals surface area (Å²) in [5.74, 6) is 1.04. The van der Waals surface area contributed by atoms with Crippen LogP contribution in [-0.4, -0.2) is 48.6 Å². The van der Waals surface area contributed by atoms with Crippen LogP contribution < -0.4 is 0 Å². The van der Waals surface area contributed by atoms with Crippen molar-refractivity contribution in [2.45, 2.75) is 27.3 Å². The van der Waals surface area contributed by atoms with E-state index in [1.54, 1.807) is 0 Å². The van der Waals surface area contributed by atoms with Gasteiger partial charge in [-0.2, -0.15) is 0 Å². The minimum atomic E-state index is 0.423. The van der Waals surface area contributed by atoms with Crippen LogP contribution in [0.3, 0.4) is 0 Å². The molecule has 1 aromatic rings. The molecule has 20 heavy (non-hydrogen) atoms. The van der Waals surface area contributed by atoms with E-state index in [0.717, 1.165) is 41.8 Å². The van der Waals surface area contributed by atoms with Crippen LogP contribution in [0.1, 0.15) is 25.0 Å². The molecule has 1 N–H and O–H groups in total. The number of nitrogens with zero attached hydrogens (tertiary/aromatic N) is 2. The fourth-order valence-corrected chi connectivity index (χ4v) is 2.88. The van der Waals surface area contributed by atoms with Crippen molar-refractivity contribution in [1.29, 1.82) is 0 Å². The van der Waals surface area contributed by atoms with Crippen molar-refractivity contribution in [3.8, 4) is 5.75 Å². The molecule has 0 amide bonds. The van der Waals surface area contributed by atoms with Gasteiger partial charge in [-0.05, 0) is 44.6 Å². The monoisotopic (exact) mass is 342 g/mol. The van der Waals surface area contributed by atoms with Gasteiger partial charge in [0.25, 0.3) is 0 Å². The van der Waals surface area contributed by atoms with Gasteiger partial charge in [-0.1, -0.05) is 29.8 Å². The number of rotatable bonds is 7. The lowest BCUT2D eigenvalue weighted by Crippen LogP contribution is -2.34. The van der Waals surface area contributed by atoms with E-state index >= 15 is 0 Å². The van der Waals surface area contributed by atoms with Crippen LogP contribution in [0.5, 0.6) is 5.75 Å². The van der Waals surface area contributed by atoms with E-state index in [0.29, 0.717) is 11.7 Å². The van der Waals surface area contributed by atoms with Crippen LogP contribution in [0, 0.1) is 12.8 Å². The molecule has 0 saturated heterocycles. The molecule has 1 rings (SSSR count). The van der Waals surface area contributed by atoms with Gasteiger partial charge in [0.2, 0.25) is 0 Å². The fourth-order valence-electron chi connectivity index (χ4n) is 2.26. The summed E-state index contributed by atoms with van der Waals surface area (Å²) in [5.41, 5.74) is 1.92. The van der Waals surface area contributed by atoms with Crippen molar-refractivity contribution in [2.24, 2.45) is 5.92 Å². The predicted molar refractivity (Wildman–Crippen MR) is 89.2 cm³/mol. The topological polar surface area (TPSA) is 26.7 Å². The molecule has 0 spiro atoms. The molecule has 0 saturated carbocycles. The average molecular weight is 343 g/mol. The summed E-state index contributed by atoms with van der Waals surface area (Å²) in [6.45, 7) is 10.3. The maximum atomic E-state index is 10.2. The first-order valence-corrected chi connectivity index (χ1v) is 7.94. The number of benzene rings is 1. The molecule has 0 atom stereocenters. The van der Waals surface area contributed by atoms with Gasteiger partial charge in [0, 0.05) is 36.2 Å². The second kappa shape index (κ2) is 8.01. The SMILES string of the molecule is Cc1cc(Br)cc(CN(CCN(C)C)CC(C)C)c1O. The smallest absolute Gasteiger partial charge is 0.123 e. The molecule has 0 fully saturated rings. The molecule has 3 nitrogen and oxygen atoms in total. The summed E-state index contributed by atoms with van der Waals surface area (Å²) in [6, 6.07) is 3.97. The Kier molecular flexibility index (Phi) is 7.00. The van der Waals surface area contributed by atoms with Gasteiger partial charge in [-0.25, -0.2) is 0 Å². The number of hydrogen-bond acceptors (Lipinski definition) is 3. The number of aromatic hydroxyl groups is 1. The van der Waals surface area contributed by atoms with Crippen molar-refractivity contribution in [2.75, 3.05) is 33.7 Å². The van der Waals surface area contributed by atoms with E-state index in [2.05, 4.69) is 53.7 Å². The van der Waals surface area contributed by atoms with Crippen LogP contribution in [0.2, 0.25) is 0 Å². The zero-order chi connectivity index (χ0) is 15.3. The molecule has 0 aliphatic carbocycles. The number of phenols is 1. The first-order chi connectivity index (χ1) is 9.29. The van der Waals surface area contributed by atoms with E-state index in [4.69, 9.17) is 0 Å².